The van der Waals surface area contributed by atoms with Gasteiger partial charge >= 0.3 is 0 Å². The average Bonchev–Trinajstić information content (AvgIpc) is 3.17. The molecule has 3 rings (SSSR count). The van der Waals surface area contributed by atoms with E-state index < -0.39 is 15.9 Å². The van der Waals surface area contributed by atoms with E-state index >= 15 is 0 Å². The number of rotatable bonds is 5. The summed E-state index contributed by atoms with van der Waals surface area (Å²) in [5, 5.41) is 2.64. The topological polar surface area (TPSA) is 66.5 Å². The van der Waals surface area contributed by atoms with Crippen molar-refractivity contribution < 1.29 is 17.6 Å². The molecule has 1 heterocycles. The van der Waals surface area contributed by atoms with Gasteiger partial charge in [0.2, 0.25) is 15.9 Å². The third kappa shape index (κ3) is 4.36. The molecule has 0 atom stereocenters. The quantitative estimate of drug-likeness (QED) is 0.817. The molecule has 0 bridgehead atoms. The molecular formula is C19H19FN2O3S. The molecule has 0 saturated carbocycles. The van der Waals surface area contributed by atoms with Gasteiger partial charge in [-0.15, -0.1) is 0 Å². The Morgan fingerprint density at radius 3 is 2.46 bits per heavy atom. The predicted octanol–water partition coefficient (Wildman–Crippen LogP) is 3.26. The summed E-state index contributed by atoms with van der Waals surface area (Å²) < 4.78 is 39.5. The van der Waals surface area contributed by atoms with Gasteiger partial charge in [-0.3, -0.25) is 4.79 Å². The molecule has 0 unspecified atom stereocenters. The second kappa shape index (κ2) is 7.80. The fourth-order valence-electron chi connectivity index (χ4n) is 2.74. The van der Waals surface area contributed by atoms with Crippen molar-refractivity contribution >= 4 is 27.7 Å². The van der Waals surface area contributed by atoms with Gasteiger partial charge in [-0.05, 0) is 54.8 Å². The van der Waals surface area contributed by atoms with E-state index in [0.29, 0.717) is 24.3 Å². The number of nitrogens with one attached hydrogen (secondary N) is 1. The first-order valence-corrected chi connectivity index (χ1v) is 9.74. The van der Waals surface area contributed by atoms with Crippen LogP contribution >= 0.6 is 0 Å². The standard InChI is InChI=1S/C19H19FN2O3S/c20-16-9-6-15(7-10-16)8-11-19(23)21-17-4-3-5-18(14-17)26(24,25)22-12-1-2-13-22/h3-11,14H,1-2,12-13H2,(H,21,23)/b11-8+. The Bertz CT molecular complexity index is 918. The zero-order chi connectivity index (χ0) is 18.6. The van der Waals surface area contributed by atoms with Crippen LogP contribution in [0.25, 0.3) is 6.08 Å². The summed E-state index contributed by atoms with van der Waals surface area (Å²) in [7, 11) is -3.53. The van der Waals surface area contributed by atoms with Gasteiger partial charge in [0.05, 0.1) is 4.90 Å². The Kier molecular flexibility index (Phi) is 5.49. The van der Waals surface area contributed by atoms with E-state index in [1.54, 1.807) is 30.3 Å². The molecule has 1 fully saturated rings. The minimum absolute atomic E-state index is 0.166. The van der Waals surface area contributed by atoms with Gasteiger partial charge in [-0.25, -0.2) is 12.8 Å². The van der Waals surface area contributed by atoms with E-state index in [2.05, 4.69) is 5.32 Å². The lowest BCUT2D eigenvalue weighted by Crippen LogP contribution is -2.27. The highest BCUT2D eigenvalue weighted by Gasteiger charge is 2.27. The van der Waals surface area contributed by atoms with Gasteiger partial charge in [0.15, 0.2) is 0 Å². The van der Waals surface area contributed by atoms with Gasteiger partial charge in [-0.2, -0.15) is 4.31 Å². The molecule has 5 nitrogen and oxygen atoms in total. The van der Waals surface area contributed by atoms with Crippen LogP contribution in [0.5, 0.6) is 0 Å². The SMILES string of the molecule is O=C(/C=C/c1ccc(F)cc1)Nc1cccc(S(=O)(=O)N2CCCC2)c1. The Balaban J connectivity index is 1.70. The summed E-state index contributed by atoms with van der Waals surface area (Å²) in [5.41, 5.74) is 1.09. The molecule has 1 amide bonds. The number of halogens is 1. The van der Waals surface area contributed by atoms with E-state index in [0.717, 1.165) is 12.8 Å². The molecule has 0 aliphatic carbocycles. The van der Waals surface area contributed by atoms with Crippen LogP contribution in [-0.4, -0.2) is 31.7 Å². The van der Waals surface area contributed by atoms with Crippen molar-refractivity contribution in [1.29, 1.82) is 0 Å². The van der Waals surface area contributed by atoms with Crippen molar-refractivity contribution in [3.8, 4) is 0 Å². The minimum atomic E-state index is -3.53. The lowest BCUT2D eigenvalue weighted by molar-refractivity contribution is -0.111. The van der Waals surface area contributed by atoms with E-state index in [9.17, 15) is 17.6 Å². The molecule has 1 N–H and O–H groups in total. The van der Waals surface area contributed by atoms with Gasteiger partial charge in [0.1, 0.15) is 5.82 Å². The normalized spacial score (nSPS) is 15.4. The second-order valence-corrected chi connectivity index (χ2v) is 7.95. The molecule has 2 aromatic rings. The highest BCUT2D eigenvalue weighted by molar-refractivity contribution is 7.89. The maximum atomic E-state index is 12.9. The van der Waals surface area contributed by atoms with Crippen molar-refractivity contribution in [2.45, 2.75) is 17.7 Å². The van der Waals surface area contributed by atoms with Crippen LogP contribution in [0.3, 0.4) is 0 Å². The predicted molar refractivity (Wildman–Crippen MR) is 98.5 cm³/mol. The van der Waals surface area contributed by atoms with Crippen LogP contribution in [0.15, 0.2) is 59.5 Å². The fraction of sp³-hybridized carbons (Fsp3) is 0.211. The van der Waals surface area contributed by atoms with Gasteiger partial charge in [0, 0.05) is 24.9 Å². The van der Waals surface area contributed by atoms with Crippen LogP contribution in [-0.2, 0) is 14.8 Å². The summed E-state index contributed by atoms with van der Waals surface area (Å²) >= 11 is 0. The Labute approximate surface area is 152 Å². The summed E-state index contributed by atoms with van der Waals surface area (Å²) in [4.78, 5) is 12.2. The van der Waals surface area contributed by atoms with Crippen LogP contribution in [0, 0.1) is 5.82 Å². The highest BCUT2D eigenvalue weighted by atomic mass is 32.2. The van der Waals surface area contributed by atoms with Crippen LogP contribution in [0.4, 0.5) is 10.1 Å². The summed E-state index contributed by atoms with van der Waals surface area (Å²) in [6, 6.07) is 11.9. The Morgan fingerprint density at radius 2 is 1.77 bits per heavy atom. The summed E-state index contributed by atoms with van der Waals surface area (Å²) in [6.45, 7) is 1.05. The molecular weight excluding hydrogens is 355 g/mol. The molecule has 2 aromatic carbocycles. The number of anilines is 1. The minimum Gasteiger partial charge on any atom is -0.322 e. The van der Waals surface area contributed by atoms with E-state index in [4.69, 9.17) is 0 Å². The Hall–Kier alpha value is -2.51. The first-order chi connectivity index (χ1) is 12.4. The number of hydrogen-bond acceptors (Lipinski definition) is 3. The van der Waals surface area contributed by atoms with Crippen LogP contribution in [0.2, 0.25) is 0 Å². The lowest BCUT2D eigenvalue weighted by Gasteiger charge is -2.16. The third-order valence-electron chi connectivity index (χ3n) is 4.10. The summed E-state index contributed by atoms with van der Waals surface area (Å²) in [5.74, 6) is -0.743. The van der Waals surface area contributed by atoms with Crippen molar-refractivity contribution in [2.24, 2.45) is 0 Å². The van der Waals surface area contributed by atoms with Crippen molar-refractivity contribution in [3.05, 3.63) is 66.0 Å². The van der Waals surface area contributed by atoms with E-state index in [1.807, 2.05) is 0 Å². The number of carbonyl (C=O) groups is 1. The monoisotopic (exact) mass is 374 g/mol. The molecule has 136 valence electrons. The first-order valence-electron chi connectivity index (χ1n) is 8.30. The molecule has 0 spiro atoms. The first kappa shape index (κ1) is 18.3. The number of hydrogen-bond donors (Lipinski definition) is 1. The fourth-order valence-corrected chi connectivity index (χ4v) is 4.31. The molecule has 0 radical (unpaired) electrons. The third-order valence-corrected chi connectivity index (χ3v) is 6.00. The second-order valence-electron chi connectivity index (χ2n) is 6.01. The van der Waals surface area contributed by atoms with E-state index in [1.165, 1.54) is 34.6 Å². The lowest BCUT2D eigenvalue weighted by atomic mass is 10.2. The summed E-state index contributed by atoms with van der Waals surface area (Å²) in [6.07, 6.45) is 4.60. The number of nitrogens with zero attached hydrogens (tertiary/aromatic N) is 1. The van der Waals surface area contributed by atoms with Crippen molar-refractivity contribution in [1.82, 2.24) is 4.31 Å². The number of benzene rings is 2. The van der Waals surface area contributed by atoms with Crippen molar-refractivity contribution in [3.63, 3.8) is 0 Å². The van der Waals surface area contributed by atoms with Crippen LogP contribution in [0.1, 0.15) is 18.4 Å². The zero-order valence-electron chi connectivity index (χ0n) is 14.1. The van der Waals surface area contributed by atoms with Gasteiger partial charge in [-0.1, -0.05) is 18.2 Å². The maximum Gasteiger partial charge on any atom is 0.248 e. The molecule has 0 aromatic heterocycles. The average molecular weight is 374 g/mol. The largest absolute Gasteiger partial charge is 0.322 e. The highest BCUT2D eigenvalue weighted by Crippen LogP contribution is 2.23. The zero-order valence-corrected chi connectivity index (χ0v) is 14.9. The van der Waals surface area contributed by atoms with E-state index in [-0.39, 0.29) is 10.7 Å². The van der Waals surface area contributed by atoms with Gasteiger partial charge < -0.3 is 5.32 Å². The van der Waals surface area contributed by atoms with Crippen LogP contribution < -0.4 is 5.32 Å². The Morgan fingerprint density at radius 1 is 1.08 bits per heavy atom. The molecule has 1 aliphatic rings. The molecule has 1 saturated heterocycles. The molecule has 7 heteroatoms. The molecule has 26 heavy (non-hydrogen) atoms. The number of carbonyl (C=O) groups excluding carboxylic acids is 1. The molecule has 1 aliphatic heterocycles. The van der Waals surface area contributed by atoms with Crippen molar-refractivity contribution in [2.75, 3.05) is 18.4 Å². The number of amides is 1. The maximum absolute atomic E-state index is 12.9. The smallest absolute Gasteiger partial charge is 0.248 e. The number of sulfonamides is 1. The van der Waals surface area contributed by atoms with Gasteiger partial charge in [0.25, 0.3) is 0 Å².